The molecule has 4 heterocycles. The number of nitrogens with one attached hydrogen (secondary N) is 1. The molecule has 168 valence electrons. The van der Waals surface area contributed by atoms with Gasteiger partial charge < -0.3 is 0 Å². The molecule has 0 saturated heterocycles. The van der Waals surface area contributed by atoms with Gasteiger partial charge in [-0.25, -0.2) is 9.67 Å². The summed E-state index contributed by atoms with van der Waals surface area (Å²) >= 11 is 5.62. The SMILES string of the molecule is CCCn1nc(C)c2c(-c3n[nH]c(=S)n3Cc3ccccc3)cc(-c3cnn(C)c3C)nc21. The van der Waals surface area contributed by atoms with Crippen molar-refractivity contribution in [3.63, 3.8) is 0 Å². The maximum Gasteiger partial charge on any atom is 0.195 e. The van der Waals surface area contributed by atoms with Gasteiger partial charge in [-0.15, -0.1) is 0 Å². The molecule has 0 amide bonds. The Morgan fingerprint density at radius 3 is 2.58 bits per heavy atom. The number of aromatic amines is 1. The lowest BCUT2D eigenvalue weighted by Gasteiger charge is -2.11. The van der Waals surface area contributed by atoms with Crippen LogP contribution in [0.3, 0.4) is 0 Å². The molecule has 0 bridgehead atoms. The Morgan fingerprint density at radius 1 is 1.09 bits per heavy atom. The molecule has 1 aromatic carbocycles. The molecule has 4 aromatic heterocycles. The van der Waals surface area contributed by atoms with Crippen LogP contribution in [-0.4, -0.2) is 39.3 Å². The summed E-state index contributed by atoms with van der Waals surface area (Å²) in [7, 11) is 1.94. The molecule has 0 aliphatic heterocycles. The molecule has 0 aliphatic rings. The lowest BCUT2D eigenvalue weighted by Crippen LogP contribution is -2.04. The molecule has 5 aromatic rings. The van der Waals surface area contributed by atoms with E-state index in [4.69, 9.17) is 22.3 Å². The van der Waals surface area contributed by atoms with Gasteiger partial charge in [0.05, 0.1) is 29.5 Å². The molecule has 5 rings (SSSR count). The summed E-state index contributed by atoms with van der Waals surface area (Å²) < 4.78 is 6.47. The van der Waals surface area contributed by atoms with Crippen LogP contribution >= 0.6 is 12.2 Å². The number of H-pyrrole nitrogens is 1. The number of rotatable bonds is 6. The van der Waals surface area contributed by atoms with Gasteiger partial charge in [-0.1, -0.05) is 37.3 Å². The number of hydrogen-bond donors (Lipinski definition) is 1. The van der Waals surface area contributed by atoms with Gasteiger partial charge in [0, 0.05) is 30.4 Å². The van der Waals surface area contributed by atoms with E-state index >= 15 is 0 Å². The fraction of sp³-hybridized carbons (Fsp3) is 0.292. The topological polar surface area (TPSA) is 82.1 Å². The molecule has 0 unspecified atom stereocenters. The van der Waals surface area contributed by atoms with Crippen molar-refractivity contribution in [3.05, 3.63) is 64.3 Å². The highest BCUT2D eigenvalue weighted by molar-refractivity contribution is 7.71. The monoisotopic (exact) mass is 458 g/mol. The zero-order valence-corrected chi connectivity index (χ0v) is 20.0. The second-order valence-electron chi connectivity index (χ2n) is 8.25. The predicted molar refractivity (Wildman–Crippen MR) is 131 cm³/mol. The van der Waals surface area contributed by atoms with E-state index in [1.807, 2.05) is 59.2 Å². The van der Waals surface area contributed by atoms with Crippen molar-refractivity contribution >= 4 is 23.3 Å². The van der Waals surface area contributed by atoms with Crippen molar-refractivity contribution in [1.82, 2.24) is 39.3 Å². The highest BCUT2D eigenvalue weighted by Crippen LogP contribution is 2.34. The number of benzene rings is 1. The summed E-state index contributed by atoms with van der Waals surface area (Å²) in [5, 5.41) is 17.9. The van der Waals surface area contributed by atoms with Crippen LogP contribution in [0, 0.1) is 18.6 Å². The van der Waals surface area contributed by atoms with E-state index < -0.39 is 0 Å². The molecule has 9 heteroatoms. The molecule has 0 aliphatic carbocycles. The third kappa shape index (κ3) is 3.68. The van der Waals surface area contributed by atoms with Gasteiger partial charge in [-0.3, -0.25) is 14.3 Å². The lowest BCUT2D eigenvalue weighted by molar-refractivity contribution is 0.612. The Hall–Kier alpha value is -3.59. The first-order valence-corrected chi connectivity index (χ1v) is 11.5. The minimum absolute atomic E-state index is 0.580. The van der Waals surface area contributed by atoms with E-state index in [1.54, 1.807) is 0 Å². The summed E-state index contributed by atoms with van der Waals surface area (Å²) in [4.78, 5) is 5.04. The Labute approximate surface area is 196 Å². The Kier molecular flexibility index (Phi) is 5.41. The van der Waals surface area contributed by atoms with Crippen LogP contribution in [0.15, 0.2) is 42.6 Å². The number of aromatic nitrogens is 8. The van der Waals surface area contributed by atoms with E-state index in [0.29, 0.717) is 11.3 Å². The highest BCUT2D eigenvalue weighted by Gasteiger charge is 2.22. The number of nitrogens with zero attached hydrogens (tertiary/aromatic N) is 7. The molecular formula is C24H26N8S. The number of fused-ring (bicyclic) bond motifs is 1. The fourth-order valence-corrected chi connectivity index (χ4v) is 4.42. The zero-order valence-electron chi connectivity index (χ0n) is 19.2. The van der Waals surface area contributed by atoms with Crippen molar-refractivity contribution in [2.45, 2.75) is 40.3 Å². The first-order valence-electron chi connectivity index (χ1n) is 11.0. The summed E-state index contributed by atoms with van der Waals surface area (Å²) in [5.74, 6) is 0.776. The third-order valence-electron chi connectivity index (χ3n) is 6.01. The van der Waals surface area contributed by atoms with Crippen LogP contribution in [0.1, 0.15) is 30.3 Å². The third-order valence-corrected chi connectivity index (χ3v) is 6.32. The normalized spacial score (nSPS) is 11.5. The van der Waals surface area contributed by atoms with Crippen molar-refractivity contribution in [1.29, 1.82) is 0 Å². The zero-order chi connectivity index (χ0) is 23.1. The minimum atomic E-state index is 0.580. The van der Waals surface area contributed by atoms with E-state index in [-0.39, 0.29) is 0 Å². The first kappa shape index (κ1) is 21.3. The smallest absolute Gasteiger partial charge is 0.195 e. The van der Waals surface area contributed by atoms with E-state index in [0.717, 1.165) is 63.6 Å². The van der Waals surface area contributed by atoms with Crippen LogP contribution in [0.5, 0.6) is 0 Å². The molecular weight excluding hydrogens is 432 g/mol. The van der Waals surface area contributed by atoms with Crippen molar-refractivity contribution in [2.24, 2.45) is 7.05 Å². The molecule has 8 nitrogen and oxygen atoms in total. The van der Waals surface area contributed by atoms with E-state index in [2.05, 4.69) is 40.4 Å². The number of aryl methyl sites for hydroxylation is 3. The summed E-state index contributed by atoms with van der Waals surface area (Å²) in [6.45, 7) is 7.64. The molecule has 0 saturated carbocycles. The Balaban J connectivity index is 1.78. The van der Waals surface area contributed by atoms with Crippen LogP contribution in [0.25, 0.3) is 33.7 Å². The van der Waals surface area contributed by atoms with Gasteiger partial charge in [-0.2, -0.15) is 15.3 Å². The Bertz CT molecular complexity index is 1500. The van der Waals surface area contributed by atoms with Gasteiger partial charge in [-0.05, 0) is 44.1 Å². The van der Waals surface area contributed by atoms with E-state index in [9.17, 15) is 0 Å². The summed E-state index contributed by atoms with van der Waals surface area (Å²) in [6.07, 6.45) is 2.83. The second kappa shape index (κ2) is 8.40. The maximum atomic E-state index is 5.62. The largest absolute Gasteiger partial charge is 0.296 e. The minimum Gasteiger partial charge on any atom is -0.296 e. The molecule has 1 N–H and O–H groups in total. The van der Waals surface area contributed by atoms with Gasteiger partial charge in [0.1, 0.15) is 0 Å². The molecule has 0 spiro atoms. The highest BCUT2D eigenvalue weighted by atomic mass is 32.1. The summed E-state index contributed by atoms with van der Waals surface area (Å²) in [6, 6.07) is 12.4. The van der Waals surface area contributed by atoms with Crippen molar-refractivity contribution in [2.75, 3.05) is 0 Å². The van der Waals surface area contributed by atoms with E-state index in [1.165, 1.54) is 0 Å². The quantitative estimate of drug-likeness (QED) is 0.369. The predicted octanol–water partition coefficient (Wildman–Crippen LogP) is 4.83. The molecule has 0 fully saturated rings. The maximum absolute atomic E-state index is 5.62. The average molecular weight is 459 g/mol. The second-order valence-corrected chi connectivity index (χ2v) is 8.64. The van der Waals surface area contributed by atoms with Gasteiger partial charge in [0.2, 0.25) is 0 Å². The van der Waals surface area contributed by atoms with Crippen LogP contribution < -0.4 is 0 Å². The Morgan fingerprint density at radius 2 is 1.88 bits per heavy atom. The molecule has 0 atom stereocenters. The number of hydrogen-bond acceptors (Lipinski definition) is 5. The van der Waals surface area contributed by atoms with Crippen LogP contribution in [0.4, 0.5) is 0 Å². The lowest BCUT2D eigenvalue weighted by atomic mass is 10.1. The van der Waals surface area contributed by atoms with Crippen LogP contribution in [-0.2, 0) is 20.1 Å². The molecule has 0 radical (unpaired) electrons. The van der Waals surface area contributed by atoms with Gasteiger partial charge in [0.15, 0.2) is 16.2 Å². The average Bonchev–Trinajstić information content (AvgIpc) is 3.45. The first-order chi connectivity index (χ1) is 16.0. The van der Waals surface area contributed by atoms with Crippen molar-refractivity contribution in [3.8, 4) is 22.6 Å². The van der Waals surface area contributed by atoms with Crippen LogP contribution in [0.2, 0.25) is 0 Å². The molecule has 33 heavy (non-hydrogen) atoms. The van der Waals surface area contributed by atoms with Crippen molar-refractivity contribution < 1.29 is 0 Å². The van der Waals surface area contributed by atoms with Gasteiger partial charge in [0.25, 0.3) is 0 Å². The standard InChI is InChI=1S/C24H26N8S/c1-5-11-32-23-21(15(2)29-32)18(12-20(26-23)19-13-25-30(4)16(19)3)22-27-28-24(33)31(22)14-17-9-7-6-8-10-17/h6-10,12-13H,5,11,14H2,1-4H3,(H,28,33). The fourth-order valence-electron chi connectivity index (χ4n) is 4.22. The van der Waals surface area contributed by atoms with Gasteiger partial charge >= 0.3 is 0 Å². The number of pyridine rings is 1. The summed E-state index contributed by atoms with van der Waals surface area (Å²) in [5.41, 5.74) is 6.78.